The van der Waals surface area contributed by atoms with Gasteiger partial charge in [-0.3, -0.25) is 9.59 Å². The molecule has 1 aromatic heterocycles. The van der Waals surface area contributed by atoms with Gasteiger partial charge in [-0.15, -0.1) is 0 Å². The van der Waals surface area contributed by atoms with Crippen LogP contribution < -0.4 is 11.1 Å². The molecule has 1 heterocycles. The Morgan fingerprint density at radius 1 is 1.00 bits per heavy atom. The number of carbonyl (C=O) groups excluding carboxylic acids is 2. The molecule has 3 aromatic carbocycles. The highest BCUT2D eigenvalue weighted by Crippen LogP contribution is 2.25. The number of imidazole rings is 1. The van der Waals surface area contributed by atoms with Gasteiger partial charge in [-0.1, -0.05) is 42.5 Å². The molecule has 0 saturated carbocycles. The lowest BCUT2D eigenvalue weighted by molar-refractivity contribution is -0.117. The number of amides is 2. The van der Waals surface area contributed by atoms with Gasteiger partial charge in [0, 0.05) is 11.3 Å². The molecule has 33 heavy (non-hydrogen) atoms. The van der Waals surface area contributed by atoms with Gasteiger partial charge >= 0.3 is 0 Å². The fourth-order valence-corrected chi connectivity index (χ4v) is 3.50. The van der Waals surface area contributed by atoms with Crippen LogP contribution in [-0.2, 0) is 11.2 Å². The topological polar surface area (TPSA) is 125 Å². The van der Waals surface area contributed by atoms with E-state index in [0.29, 0.717) is 29.1 Å². The van der Waals surface area contributed by atoms with Crippen LogP contribution in [0.5, 0.6) is 0 Å². The summed E-state index contributed by atoms with van der Waals surface area (Å²) in [7, 11) is 0. The summed E-state index contributed by atoms with van der Waals surface area (Å²) in [6.45, 7) is 0. The molecule has 0 aliphatic heterocycles. The predicted molar refractivity (Wildman–Crippen MR) is 125 cm³/mol. The van der Waals surface area contributed by atoms with Crippen molar-refractivity contribution < 1.29 is 9.59 Å². The van der Waals surface area contributed by atoms with Crippen molar-refractivity contribution in [2.75, 3.05) is 5.32 Å². The van der Waals surface area contributed by atoms with Gasteiger partial charge in [0.25, 0.3) is 0 Å². The van der Waals surface area contributed by atoms with E-state index < -0.39 is 11.8 Å². The van der Waals surface area contributed by atoms with Crippen molar-refractivity contribution in [3.05, 3.63) is 108 Å². The molecule has 4 rings (SSSR count). The van der Waals surface area contributed by atoms with E-state index in [1.54, 1.807) is 42.6 Å². The van der Waals surface area contributed by atoms with Crippen molar-refractivity contribution in [1.82, 2.24) is 9.97 Å². The lowest BCUT2D eigenvalue weighted by atomic mass is 9.97. The molecule has 1 unspecified atom stereocenters. The van der Waals surface area contributed by atoms with Crippen molar-refractivity contribution in [2.45, 2.75) is 12.3 Å². The van der Waals surface area contributed by atoms with E-state index in [4.69, 9.17) is 11.0 Å². The first-order chi connectivity index (χ1) is 16.0. The van der Waals surface area contributed by atoms with Crippen LogP contribution in [0.3, 0.4) is 0 Å². The summed E-state index contributed by atoms with van der Waals surface area (Å²) in [5.41, 5.74) is 9.41. The van der Waals surface area contributed by atoms with Gasteiger partial charge in [0.2, 0.25) is 11.8 Å². The third kappa shape index (κ3) is 5.14. The van der Waals surface area contributed by atoms with Crippen LogP contribution in [0.4, 0.5) is 5.69 Å². The molecule has 0 saturated heterocycles. The summed E-state index contributed by atoms with van der Waals surface area (Å²) >= 11 is 0. The molecule has 0 bridgehead atoms. The van der Waals surface area contributed by atoms with Gasteiger partial charge in [-0.2, -0.15) is 5.26 Å². The van der Waals surface area contributed by atoms with Crippen molar-refractivity contribution >= 4 is 17.5 Å². The van der Waals surface area contributed by atoms with E-state index in [-0.39, 0.29) is 5.91 Å². The molecule has 4 aromatic rings. The highest BCUT2D eigenvalue weighted by Gasteiger charge is 2.25. The second kappa shape index (κ2) is 9.62. The smallest absolute Gasteiger partial charge is 0.248 e. The Morgan fingerprint density at radius 2 is 1.70 bits per heavy atom. The van der Waals surface area contributed by atoms with E-state index >= 15 is 0 Å². The standard InChI is InChI=1S/C26H21N5O2/c27-15-18-6-8-19(9-7-18)23-16-29-25(31-23)22(14-17-4-2-1-3-5-17)26(33)30-21-12-10-20(11-13-21)24(28)32/h1-13,16,22H,14H2,(H2,28,32)(H,29,31)(H,30,33). The number of benzene rings is 3. The number of aromatic nitrogens is 2. The molecule has 162 valence electrons. The number of nitrogens with one attached hydrogen (secondary N) is 2. The van der Waals surface area contributed by atoms with Crippen LogP contribution in [-0.4, -0.2) is 21.8 Å². The van der Waals surface area contributed by atoms with Gasteiger partial charge in [0.05, 0.1) is 23.5 Å². The van der Waals surface area contributed by atoms with Gasteiger partial charge in [0.1, 0.15) is 11.7 Å². The molecular formula is C26H21N5O2. The summed E-state index contributed by atoms with van der Waals surface area (Å²) in [6, 6.07) is 25.4. The molecule has 0 aliphatic carbocycles. The van der Waals surface area contributed by atoms with Crippen molar-refractivity contribution in [2.24, 2.45) is 5.73 Å². The molecule has 0 aliphatic rings. The number of nitrogens with zero attached hydrogens (tertiary/aromatic N) is 2. The first kappa shape index (κ1) is 21.5. The number of hydrogen-bond donors (Lipinski definition) is 3. The Balaban J connectivity index is 1.60. The van der Waals surface area contributed by atoms with Crippen molar-refractivity contribution in [3.63, 3.8) is 0 Å². The summed E-state index contributed by atoms with van der Waals surface area (Å²) in [5, 5.41) is 11.9. The quantitative estimate of drug-likeness (QED) is 0.405. The number of nitrogens with two attached hydrogens (primary N) is 1. The number of aromatic amines is 1. The van der Waals surface area contributed by atoms with Crippen LogP contribution in [0, 0.1) is 11.3 Å². The van der Waals surface area contributed by atoms with Crippen LogP contribution in [0.1, 0.15) is 33.2 Å². The number of nitriles is 1. The highest BCUT2D eigenvalue weighted by atomic mass is 16.2. The molecule has 4 N–H and O–H groups in total. The number of rotatable bonds is 7. The zero-order chi connectivity index (χ0) is 23.2. The lowest BCUT2D eigenvalue weighted by Gasteiger charge is -2.15. The largest absolute Gasteiger partial charge is 0.366 e. The Kier molecular flexibility index (Phi) is 6.28. The second-order valence-electron chi connectivity index (χ2n) is 7.54. The zero-order valence-electron chi connectivity index (χ0n) is 17.7. The highest BCUT2D eigenvalue weighted by molar-refractivity contribution is 5.97. The van der Waals surface area contributed by atoms with E-state index in [9.17, 15) is 9.59 Å². The van der Waals surface area contributed by atoms with Crippen LogP contribution >= 0.6 is 0 Å². The molecule has 7 nitrogen and oxygen atoms in total. The summed E-state index contributed by atoms with van der Waals surface area (Å²) in [6.07, 6.45) is 2.13. The fraction of sp³-hybridized carbons (Fsp3) is 0.0769. The Bertz CT molecular complexity index is 1300. The van der Waals surface area contributed by atoms with Crippen LogP contribution in [0.2, 0.25) is 0 Å². The van der Waals surface area contributed by atoms with E-state index in [0.717, 1.165) is 16.8 Å². The maximum atomic E-state index is 13.3. The summed E-state index contributed by atoms with van der Waals surface area (Å²) in [5.74, 6) is -0.799. The first-order valence-electron chi connectivity index (χ1n) is 10.3. The first-order valence-corrected chi connectivity index (χ1v) is 10.3. The molecule has 0 radical (unpaired) electrons. The van der Waals surface area contributed by atoms with E-state index in [1.165, 1.54) is 0 Å². The Morgan fingerprint density at radius 3 is 2.33 bits per heavy atom. The molecular weight excluding hydrogens is 414 g/mol. The maximum absolute atomic E-state index is 13.3. The Labute approximate surface area is 190 Å². The average molecular weight is 435 g/mol. The third-order valence-electron chi connectivity index (χ3n) is 5.29. The Hall–Kier alpha value is -4.70. The van der Waals surface area contributed by atoms with E-state index in [1.807, 2.05) is 42.5 Å². The minimum absolute atomic E-state index is 0.230. The predicted octanol–water partition coefficient (Wildman–Crippen LogP) is 4.01. The van der Waals surface area contributed by atoms with Crippen molar-refractivity contribution in [3.8, 4) is 17.3 Å². The minimum atomic E-state index is -0.574. The van der Waals surface area contributed by atoms with Crippen molar-refractivity contribution in [1.29, 1.82) is 5.26 Å². The molecule has 1 atom stereocenters. The normalized spacial score (nSPS) is 11.4. The molecule has 2 amide bonds. The molecule has 0 fully saturated rings. The van der Waals surface area contributed by atoms with Gasteiger partial charge < -0.3 is 16.0 Å². The summed E-state index contributed by atoms with van der Waals surface area (Å²) < 4.78 is 0. The average Bonchev–Trinajstić information content (AvgIpc) is 3.33. The second-order valence-corrected chi connectivity index (χ2v) is 7.54. The maximum Gasteiger partial charge on any atom is 0.248 e. The monoisotopic (exact) mass is 435 g/mol. The number of H-pyrrole nitrogens is 1. The minimum Gasteiger partial charge on any atom is -0.366 e. The number of anilines is 1. The number of hydrogen-bond acceptors (Lipinski definition) is 4. The zero-order valence-corrected chi connectivity index (χ0v) is 17.7. The number of carbonyl (C=O) groups is 2. The number of primary amides is 1. The van der Waals surface area contributed by atoms with Gasteiger partial charge in [-0.05, 0) is 53.9 Å². The van der Waals surface area contributed by atoms with Gasteiger partial charge in [-0.25, -0.2) is 4.98 Å². The van der Waals surface area contributed by atoms with Gasteiger partial charge in [0.15, 0.2) is 0 Å². The fourth-order valence-electron chi connectivity index (χ4n) is 3.50. The third-order valence-corrected chi connectivity index (χ3v) is 5.29. The van der Waals surface area contributed by atoms with E-state index in [2.05, 4.69) is 21.4 Å². The molecule has 0 spiro atoms. The lowest BCUT2D eigenvalue weighted by Crippen LogP contribution is -2.24. The molecule has 7 heteroatoms. The summed E-state index contributed by atoms with van der Waals surface area (Å²) in [4.78, 5) is 32.3. The van der Waals surface area contributed by atoms with Crippen LogP contribution in [0.25, 0.3) is 11.3 Å². The van der Waals surface area contributed by atoms with Crippen LogP contribution in [0.15, 0.2) is 85.1 Å². The SMILES string of the molecule is N#Cc1ccc(-c2cnc(C(Cc3ccccc3)C(=O)Nc3ccc(C(N)=O)cc3)[nH]2)cc1.